The molecule has 0 spiro atoms. The summed E-state index contributed by atoms with van der Waals surface area (Å²) in [4.78, 5) is 12.7. The molecule has 1 amide bonds. The number of carbonyl (C=O) groups excluding carboxylic acids is 1. The van der Waals surface area contributed by atoms with Crippen LogP contribution in [0.25, 0.3) is 0 Å². The molecule has 3 nitrogen and oxygen atoms in total. The van der Waals surface area contributed by atoms with Gasteiger partial charge < -0.3 is 11.1 Å². The standard InChI is InChI=1S/C16H30N2O/c1-13(14-8-4-5-9-14)18-15(19)16(12-17)10-6-2-3-7-11-16/h13-14H,2-12,17H2,1H3,(H,18,19). The molecule has 0 aromatic carbocycles. The van der Waals surface area contributed by atoms with Crippen LogP contribution in [0.4, 0.5) is 0 Å². The Morgan fingerprint density at radius 3 is 2.26 bits per heavy atom. The highest BCUT2D eigenvalue weighted by Crippen LogP contribution is 2.35. The van der Waals surface area contributed by atoms with Crippen molar-refractivity contribution >= 4 is 5.91 Å². The maximum Gasteiger partial charge on any atom is 0.227 e. The molecule has 19 heavy (non-hydrogen) atoms. The van der Waals surface area contributed by atoms with Crippen molar-refractivity contribution in [2.45, 2.75) is 77.2 Å². The Bertz CT molecular complexity index is 289. The van der Waals surface area contributed by atoms with E-state index in [1.807, 2.05) is 0 Å². The first-order valence-corrected chi connectivity index (χ1v) is 8.19. The number of rotatable bonds is 4. The zero-order valence-electron chi connectivity index (χ0n) is 12.4. The summed E-state index contributed by atoms with van der Waals surface area (Å²) in [5.74, 6) is 0.917. The minimum Gasteiger partial charge on any atom is -0.353 e. The molecular formula is C16H30N2O. The van der Waals surface area contributed by atoms with Gasteiger partial charge in [0, 0.05) is 12.6 Å². The molecule has 1 unspecified atom stereocenters. The first kappa shape index (κ1) is 14.8. The predicted octanol–water partition coefficient (Wildman–Crippen LogP) is 2.98. The predicted molar refractivity (Wildman–Crippen MR) is 78.8 cm³/mol. The fourth-order valence-corrected chi connectivity index (χ4v) is 3.86. The maximum atomic E-state index is 12.7. The molecule has 0 aromatic rings. The molecule has 2 aliphatic rings. The largest absolute Gasteiger partial charge is 0.353 e. The van der Waals surface area contributed by atoms with Crippen LogP contribution in [0.3, 0.4) is 0 Å². The van der Waals surface area contributed by atoms with Crippen LogP contribution in [-0.2, 0) is 4.79 Å². The monoisotopic (exact) mass is 266 g/mol. The third-order valence-electron chi connectivity index (χ3n) is 5.40. The van der Waals surface area contributed by atoms with Crippen molar-refractivity contribution in [3.05, 3.63) is 0 Å². The third kappa shape index (κ3) is 3.50. The summed E-state index contributed by atoms with van der Waals surface area (Å²) in [6, 6.07) is 0.321. The Balaban J connectivity index is 1.95. The minimum absolute atomic E-state index is 0.233. The molecule has 2 saturated carbocycles. The van der Waals surface area contributed by atoms with Crippen LogP contribution in [-0.4, -0.2) is 18.5 Å². The molecule has 2 fully saturated rings. The molecule has 110 valence electrons. The van der Waals surface area contributed by atoms with Crippen molar-refractivity contribution < 1.29 is 4.79 Å². The van der Waals surface area contributed by atoms with Gasteiger partial charge in [0.25, 0.3) is 0 Å². The Hall–Kier alpha value is -0.570. The number of carbonyl (C=O) groups is 1. The lowest BCUT2D eigenvalue weighted by Gasteiger charge is -2.32. The first-order chi connectivity index (χ1) is 9.18. The molecule has 0 radical (unpaired) electrons. The zero-order chi connectivity index (χ0) is 13.7. The van der Waals surface area contributed by atoms with Crippen molar-refractivity contribution in [2.24, 2.45) is 17.1 Å². The normalized spacial score (nSPS) is 25.8. The average Bonchev–Trinajstić information content (AvgIpc) is 2.84. The Kier molecular flexibility index (Phi) is 5.26. The summed E-state index contributed by atoms with van der Waals surface area (Å²) in [5.41, 5.74) is 5.70. The van der Waals surface area contributed by atoms with Crippen LogP contribution < -0.4 is 11.1 Å². The molecule has 3 N–H and O–H groups in total. The maximum absolute atomic E-state index is 12.7. The molecule has 0 heterocycles. The SMILES string of the molecule is CC(NC(=O)C1(CN)CCCCCC1)C1CCCC1. The van der Waals surface area contributed by atoms with E-state index in [0.29, 0.717) is 18.5 Å². The smallest absolute Gasteiger partial charge is 0.227 e. The van der Waals surface area contributed by atoms with Crippen molar-refractivity contribution in [3.63, 3.8) is 0 Å². The van der Waals surface area contributed by atoms with Gasteiger partial charge in [0.2, 0.25) is 5.91 Å². The number of amides is 1. The second-order valence-corrected chi connectivity index (χ2v) is 6.71. The Labute approximate surface area is 117 Å². The summed E-state index contributed by atoms with van der Waals surface area (Å²) in [7, 11) is 0. The molecule has 3 heteroatoms. The number of nitrogens with one attached hydrogen (secondary N) is 1. The van der Waals surface area contributed by atoms with E-state index in [9.17, 15) is 4.79 Å². The Morgan fingerprint density at radius 2 is 1.74 bits per heavy atom. The van der Waals surface area contributed by atoms with Gasteiger partial charge >= 0.3 is 0 Å². The van der Waals surface area contributed by atoms with E-state index in [1.54, 1.807) is 0 Å². The van der Waals surface area contributed by atoms with Crippen LogP contribution in [0.2, 0.25) is 0 Å². The van der Waals surface area contributed by atoms with Crippen LogP contribution >= 0.6 is 0 Å². The van der Waals surface area contributed by atoms with E-state index in [0.717, 1.165) is 25.7 Å². The van der Waals surface area contributed by atoms with Crippen LogP contribution in [0.5, 0.6) is 0 Å². The van der Waals surface area contributed by atoms with Gasteiger partial charge in [0.15, 0.2) is 0 Å². The summed E-state index contributed by atoms with van der Waals surface area (Å²) >= 11 is 0. The molecule has 2 aliphatic carbocycles. The fourth-order valence-electron chi connectivity index (χ4n) is 3.86. The molecular weight excluding hydrogens is 236 g/mol. The van der Waals surface area contributed by atoms with Gasteiger partial charge in [0.1, 0.15) is 0 Å². The molecule has 0 aliphatic heterocycles. The molecule has 0 saturated heterocycles. The van der Waals surface area contributed by atoms with Gasteiger partial charge in [0.05, 0.1) is 5.41 Å². The van der Waals surface area contributed by atoms with E-state index in [2.05, 4.69) is 12.2 Å². The van der Waals surface area contributed by atoms with E-state index in [-0.39, 0.29) is 11.3 Å². The molecule has 0 aromatic heterocycles. The lowest BCUT2D eigenvalue weighted by molar-refractivity contribution is -0.132. The van der Waals surface area contributed by atoms with E-state index in [4.69, 9.17) is 5.73 Å². The lowest BCUT2D eigenvalue weighted by atomic mass is 9.79. The summed E-state index contributed by atoms with van der Waals surface area (Å²) in [6.07, 6.45) is 12.0. The van der Waals surface area contributed by atoms with Gasteiger partial charge in [-0.2, -0.15) is 0 Å². The average molecular weight is 266 g/mol. The topological polar surface area (TPSA) is 55.1 Å². The van der Waals surface area contributed by atoms with E-state index in [1.165, 1.54) is 38.5 Å². The fraction of sp³-hybridized carbons (Fsp3) is 0.938. The number of hydrogen-bond donors (Lipinski definition) is 2. The van der Waals surface area contributed by atoms with Crippen molar-refractivity contribution in [3.8, 4) is 0 Å². The van der Waals surface area contributed by atoms with Crippen LogP contribution in [0, 0.1) is 11.3 Å². The van der Waals surface area contributed by atoms with E-state index >= 15 is 0 Å². The molecule has 1 atom stereocenters. The van der Waals surface area contributed by atoms with Gasteiger partial charge in [-0.15, -0.1) is 0 Å². The second kappa shape index (κ2) is 6.74. The second-order valence-electron chi connectivity index (χ2n) is 6.71. The highest BCUT2D eigenvalue weighted by molar-refractivity contribution is 5.83. The van der Waals surface area contributed by atoms with Crippen LogP contribution in [0.1, 0.15) is 71.1 Å². The lowest BCUT2D eigenvalue weighted by Crippen LogP contribution is -2.49. The highest BCUT2D eigenvalue weighted by atomic mass is 16.2. The summed E-state index contributed by atoms with van der Waals surface area (Å²) in [5, 5.41) is 3.29. The summed E-state index contributed by atoms with van der Waals surface area (Å²) in [6.45, 7) is 2.69. The number of nitrogens with two attached hydrogens (primary N) is 1. The quantitative estimate of drug-likeness (QED) is 0.769. The minimum atomic E-state index is -0.274. The van der Waals surface area contributed by atoms with Crippen molar-refractivity contribution in [1.82, 2.24) is 5.32 Å². The highest BCUT2D eigenvalue weighted by Gasteiger charge is 2.38. The van der Waals surface area contributed by atoms with Crippen molar-refractivity contribution in [1.29, 1.82) is 0 Å². The summed E-state index contributed by atoms with van der Waals surface area (Å²) < 4.78 is 0. The van der Waals surface area contributed by atoms with Gasteiger partial charge in [-0.1, -0.05) is 38.5 Å². The number of hydrogen-bond acceptors (Lipinski definition) is 2. The van der Waals surface area contributed by atoms with Crippen molar-refractivity contribution in [2.75, 3.05) is 6.54 Å². The Morgan fingerprint density at radius 1 is 1.16 bits per heavy atom. The van der Waals surface area contributed by atoms with Gasteiger partial charge in [-0.05, 0) is 38.5 Å². The van der Waals surface area contributed by atoms with Gasteiger partial charge in [-0.3, -0.25) is 4.79 Å². The van der Waals surface area contributed by atoms with E-state index < -0.39 is 0 Å². The molecule has 0 bridgehead atoms. The zero-order valence-corrected chi connectivity index (χ0v) is 12.4. The third-order valence-corrected chi connectivity index (χ3v) is 5.40. The van der Waals surface area contributed by atoms with Crippen LogP contribution in [0.15, 0.2) is 0 Å². The van der Waals surface area contributed by atoms with Gasteiger partial charge in [-0.25, -0.2) is 0 Å². The molecule has 2 rings (SSSR count). The first-order valence-electron chi connectivity index (χ1n) is 8.19.